The minimum Gasteiger partial charge on any atom is -0.352 e. The molecule has 3 N–H and O–H groups in total. The number of imidazole rings is 1. The van der Waals surface area contributed by atoms with E-state index in [1.807, 2.05) is 0 Å². The normalized spacial score (nSPS) is 11.1. The molecule has 1 aromatic carbocycles. The Kier molecular flexibility index (Phi) is 4.59. The van der Waals surface area contributed by atoms with Crippen LogP contribution in [-0.2, 0) is 16.4 Å². The Hall–Kier alpha value is -2.35. The minimum absolute atomic E-state index is 0.208. The van der Waals surface area contributed by atoms with Crippen molar-refractivity contribution in [2.24, 2.45) is 0 Å². The zero-order valence-corrected chi connectivity index (χ0v) is 12.3. The Morgan fingerprint density at radius 3 is 2.57 bits per heavy atom. The molecular weight excluding hydrogens is 292 g/mol. The maximum absolute atomic E-state index is 11.9. The molecule has 0 spiro atoms. The van der Waals surface area contributed by atoms with Crippen molar-refractivity contribution in [2.75, 3.05) is 17.5 Å². The molecule has 112 valence electrons. The first kappa shape index (κ1) is 15.0. The van der Waals surface area contributed by atoms with Crippen molar-refractivity contribution < 1.29 is 13.2 Å². The number of carbonyl (C=O) groups excluding carboxylic acids is 1. The molecule has 0 fully saturated rings. The van der Waals surface area contributed by atoms with Crippen LogP contribution in [0.15, 0.2) is 36.8 Å². The summed E-state index contributed by atoms with van der Waals surface area (Å²) >= 11 is 0. The summed E-state index contributed by atoms with van der Waals surface area (Å²) in [7, 11) is -3.31. The third-order valence-electron chi connectivity index (χ3n) is 2.69. The van der Waals surface area contributed by atoms with Crippen LogP contribution in [0.4, 0.5) is 5.69 Å². The number of carbonyl (C=O) groups is 1. The summed E-state index contributed by atoms with van der Waals surface area (Å²) in [4.78, 5) is 18.7. The number of H-pyrrole nitrogens is 1. The van der Waals surface area contributed by atoms with Crippen LogP contribution in [0.1, 0.15) is 16.1 Å². The SMILES string of the molecule is CS(=O)(=O)Nc1ccc(C(=O)NCCc2cnc[nH]2)cc1. The zero-order chi connectivity index (χ0) is 15.3. The van der Waals surface area contributed by atoms with Gasteiger partial charge in [-0.1, -0.05) is 0 Å². The molecule has 0 aliphatic rings. The van der Waals surface area contributed by atoms with Crippen molar-refractivity contribution in [1.29, 1.82) is 0 Å². The Morgan fingerprint density at radius 1 is 1.29 bits per heavy atom. The van der Waals surface area contributed by atoms with Gasteiger partial charge >= 0.3 is 0 Å². The highest BCUT2D eigenvalue weighted by Gasteiger charge is 2.06. The number of amides is 1. The van der Waals surface area contributed by atoms with E-state index in [0.29, 0.717) is 24.2 Å². The van der Waals surface area contributed by atoms with Gasteiger partial charge in [-0.15, -0.1) is 0 Å². The Bertz CT molecular complexity index is 694. The number of anilines is 1. The molecule has 0 unspecified atom stereocenters. The fraction of sp³-hybridized carbons (Fsp3) is 0.231. The third kappa shape index (κ3) is 4.92. The second kappa shape index (κ2) is 6.40. The highest BCUT2D eigenvalue weighted by molar-refractivity contribution is 7.92. The lowest BCUT2D eigenvalue weighted by molar-refractivity contribution is 0.0954. The number of benzene rings is 1. The van der Waals surface area contributed by atoms with Crippen molar-refractivity contribution in [3.63, 3.8) is 0 Å². The second-order valence-corrected chi connectivity index (χ2v) is 6.28. The lowest BCUT2D eigenvalue weighted by atomic mass is 10.2. The minimum atomic E-state index is -3.31. The molecule has 0 saturated carbocycles. The first-order valence-electron chi connectivity index (χ1n) is 6.27. The fourth-order valence-electron chi connectivity index (χ4n) is 1.74. The molecule has 1 aromatic heterocycles. The monoisotopic (exact) mass is 308 g/mol. The molecule has 21 heavy (non-hydrogen) atoms. The summed E-state index contributed by atoms with van der Waals surface area (Å²) in [6.07, 6.45) is 5.03. The highest BCUT2D eigenvalue weighted by Crippen LogP contribution is 2.10. The molecule has 0 radical (unpaired) electrons. The largest absolute Gasteiger partial charge is 0.352 e. The molecule has 1 heterocycles. The predicted octanol–water partition coefficient (Wildman–Crippen LogP) is 0.754. The lowest BCUT2D eigenvalue weighted by Crippen LogP contribution is -2.25. The van der Waals surface area contributed by atoms with Crippen LogP contribution < -0.4 is 10.0 Å². The van der Waals surface area contributed by atoms with Crippen LogP contribution >= 0.6 is 0 Å². The van der Waals surface area contributed by atoms with E-state index >= 15 is 0 Å². The average molecular weight is 308 g/mol. The molecule has 0 aliphatic heterocycles. The van der Waals surface area contributed by atoms with Crippen LogP contribution in [0, 0.1) is 0 Å². The number of aromatic nitrogens is 2. The molecular formula is C13H16N4O3S. The number of nitrogens with one attached hydrogen (secondary N) is 3. The molecule has 8 heteroatoms. The maximum Gasteiger partial charge on any atom is 0.251 e. The van der Waals surface area contributed by atoms with Crippen LogP contribution in [0.3, 0.4) is 0 Å². The molecule has 0 atom stereocenters. The van der Waals surface area contributed by atoms with Gasteiger partial charge in [0.1, 0.15) is 0 Å². The van der Waals surface area contributed by atoms with Crippen molar-refractivity contribution in [1.82, 2.24) is 15.3 Å². The average Bonchev–Trinajstić information content (AvgIpc) is 2.91. The lowest BCUT2D eigenvalue weighted by Gasteiger charge is -2.06. The number of rotatable bonds is 6. The van der Waals surface area contributed by atoms with Gasteiger partial charge in [-0.3, -0.25) is 9.52 Å². The summed E-state index contributed by atoms with van der Waals surface area (Å²) in [6, 6.07) is 6.23. The van der Waals surface area contributed by atoms with Crippen molar-refractivity contribution in [2.45, 2.75) is 6.42 Å². The summed E-state index contributed by atoms with van der Waals surface area (Å²) in [5, 5.41) is 2.78. The van der Waals surface area contributed by atoms with Crippen molar-refractivity contribution >= 4 is 21.6 Å². The van der Waals surface area contributed by atoms with E-state index in [-0.39, 0.29) is 5.91 Å². The Morgan fingerprint density at radius 2 is 2.00 bits per heavy atom. The molecule has 1 amide bonds. The highest BCUT2D eigenvalue weighted by atomic mass is 32.2. The standard InChI is InChI=1S/C13H16N4O3S/c1-21(19,20)17-11-4-2-10(3-5-11)13(18)15-7-6-12-8-14-9-16-12/h2-5,8-9,17H,6-7H2,1H3,(H,14,16)(H,15,18). The van der Waals surface area contributed by atoms with Crippen LogP contribution in [0.5, 0.6) is 0 Å². The van der Waals surface area contributed by atoms with E-state index in [1.165, 1.54) is 0 Å². The Labute approximate surface area is 122 Å². The van der Waals surface area contributed by atoms with Gasteiger partial charge in [0, 0.05) is 36.1 Å². The number of hydrogen-bond acceptors (Lipinski definition) is 4. The van der Waals surface area contributed by atoms with Gasteiger partial charge in [0.25, 0.3) is 5.91 Å². The third-order valence-corrected chi connectivity index (χ3v) is 3.29. The van der Waals surface area contributed by atoms with Gasteiger partial charge in [0.05, 0.1) is 12.6 Å². The van der Waals surface area contributed by atoms with Crippen molar-refractivity contribution in [3.05, 3.63) is 48.0 Å². The van der Waals surface area contributed by atoms with Crippen LogP contribution in [0.25, 0.3) is 0 Å². The zero-order valence-electron chi connectivity index (χ0n) is 11.5. The fourth-order valence-corrected chi connectivity index (χ4v) is 2.30. The number of aromatic amines is 1. The summed E-state index contributed by atoms with van der Waals surface area (Å²) in [5.41, 5.74) is 1.84. The van der Waals surface area contributed by atoms with Gasteiger partial charge in [-0.05, 0) is 24.3 Å². The molecule has 2 rings (SSSR count). The summed E-state index contributed by atoms with van der Waals surface area (Å²) < 4.78 is 24.5. The first-order chi connectivity index (χ1) is 9.94. The van der Waals surface area contributed by atoms with Gasteiger partial charge in [-0.2, -0.15) is 0 Å². The van der Waals surface area contributed by atoms with Crippen LogP contribution in [-0.4, -0.2) is 37.1 Å². The van der Waals surface area contributed by atoms with Crippen molar-refractivity contribution in [3.8, 4) is 0 Å². The van der Waals surface area contributed by atoms with E-state index in [9.17, 15) is 13.2 Å². The number of hydrogen-bond donors (Lipinski definition) is 3. The molecule has 0 saturated heterocycles. The maximum atomic E-state index is 11.9. The Balaban J connectivity index is 1.87. The molecule has 7 nitrogen and oxygen atoms in total. The molecule has 2 aromatic rings. The van der Waals surface area contributed by atoms with Gasteiger partial charge < -0.3 is 10.3 Å². The van der Waals surface area contributed by atoms with E-state index < -0.39 is 10.0 Å². The van der Waals surface area contributed by atoms with E-state index in [1.54, 1.807) is 36.8 Å². The van der Waals surface area contributed by atoms with E-state index in [4.69, 9.17) is 0 Å². The second-order valence-electron chi connectivity index (χ2n) is 4.53. The number of sulfonamides is 1. The van der Waals surface area contributed by atoms with Gasteiger partial charge in [0.2, 0.25) is 10.0 Å². The first-order valence-corrected chi connectivity index (χ1v) is 8.16. The van der Waals surface area contributed by atoms with Gasteiger partial charge in [0.15, 0.2) is 0 Å². The molecule has 0 aliphatic carbocycles. The summed E-state index contributed by atoms with van der Waals surface area (Å²) in [6.45, 7) is 0.490. The predicted molar refractivity (Wildman–Crippen MR) is 79.5 cm³/mol. The topological polar surface area (TPSA) is 104 Å². The van der Waals surface area contributed by atoms with Crippen LogP contribution in [0.2, 0.25) is 0 Å². The smallest absolute Gasteiger partial charge is 0.251 e. The van der Waals surface area contributed by atoms with E-state index in [0.717, 1.165) is 11.9 Å². The van der Waals surface area contributed by atoms with E-state index in [2.05, 4.69) is 20.0 Å². The molecule has 0 bridgehead atoms. The van der Waals surface area contributed by atoms with Gasteiger partial charge in [-0.25, -0.2) is 13.4 Å². The number of nitrogens with zero attached hydrogens (tertiary/aromatic N) is 1. The summed E-state index contributed by atoms with van der Waals surface area (Å²) in [5.74, 6) is -0.208. The quantitative estimate of drug-likeness (QED) is 0.732.